The first-order chi connectivity index (χ1) is 9.92. The molecule has 1 aromatic heterocycles. The lowest BCUT2D eigenvalue weighted by Crippen LogP contribution is -2.34. The summed E-state index contributed by atoms with van der Waals surface area (Å²) in [5, 5.41) is 11.6. The highest BCUT2D eigenvalue weighted by atomic mass is 19.1. The number of aliphatic carboxylic acids is 1. The minimum Gasteiger partial charge on any atom is -0.496 e. The maximum absolute atomic E-state index is 13.7. The largest absolute Gasteiger partial charge is 0.496 e. The number of amides is 1. The van der Waals surface area contributed by atoms with Gasteiger partial charge < -0.3 is 20.1 Å². The molecule has 7 heteroatoms. The van der Waals surface area contributed by atoms with Crippen LogP contribution < -0.4 is 10.1 Å². The molecule has 1 aromatic carbocycles. The highest BCUT2D eigenvalue weighted by Crippen LogP contribution is 2.28. The van der Waals surface area contributed by atoms with Crippen molar-refractivity contribution in [2.45, 2.75) is 19.4 Å². The van der Waals surface area contributed by atoms with Gasteiger partial charge >= 0.3 is 5.97 Å². The van der Waals surface area contributed by atoms with Gasteiger partial charge in [-0.2, -0.15) is 0 Å². The van der Waals surface area contributed by atoms with Crippen LogP contribution in [0.1, 0.15) is 23.8 Å². The average molecular weight is 294 g/mol. The molecule has 0 fully saturated rings. The van der Waals surface area contributed by atoms with Gasteiger partial charge in [0.05, 0.1) is 19.0 Å². The fourth-order valence-corrected chi connectivity index (χ4v) is 2.07. The summed E-state index contributed by atoms with van der Waals surface area (Å²) in [6.07, 6.45) is -0.191. The lowest BCUT2D eigenvalue weighted by atomic mass is 10.2. The quantitative estimate of drug-likeness (QED) is 0.785. The summed E-state index contributed by atoms with van der Waals surface area (Å²) in [6, 6.07) is 3.65. The zero-order valence-electron chi connectivity index (χ0n) is 11.6. The van der Waals surface area contributed by atoms with Crippen molar-refractivity contribution in [1.29, 1.82) is 0 Å². The van der Waals surface area contributed by atoms with Gasteiger partial charge in [0.1, 0.15) is 17.3 Å². The summed E-state index contributed by atoms with van der Waals surface area (Å²) in [7, 11) is 1.45. The summed E-state index contributed by atoms with van der Waals surface area (Å²) in [6.45, 7) is 1.58. The van der Waals surface area contributed by atoms with Crippen LogP contribution in [0.2, 0.25) is 0 Å². The number of halogens is 1. The molecule has 0 aliphatic carbocycles. The van der Waals surface area contributed by atoms with Crippen LogP contribution in [0.25, 0.3) is 10.9 Å². The monoisotopic (exact) mass is 294 g/mol. The Morgan fingerprint density at radius 3 is 2.81 bits per heavy atom. The highest BCUT2D eigenvalue weighted by Gasteiger charge is 2.17. The number of benzene rings is 1. The van der Waals surface area contributed by atoms with E-state index >= 15 is 0 Å². The molecule has 112 valence electrons. The second kappa shape index (κ2) is 5.82. The Morgan fingerprint density at radius 1 is 1.48 bits per heavy atom. The molecule has 0 aliphatic heterocycles. The third-order valence-corrected chi connectivity index (χ3v) is 3.03. The molecule has 3 N–H and O–H groups in total. The van der Waals surface area contributed by atoms with E-state index in [0.29, 0.717) is 11.1 Å². The van der Waals surface area contributed by atoms with E-state index in [9.17, 15) is 14.0 Å². The van der Waals surface area contributed by atoms with Crippen molar-refractivity contribution in [2.75, 3.05) is 7.11 Å². The number of aromatic amines is 1. The Morgan fingerprint density at radius 2 is 2.19 bits per heavy atom. The van der Waals surface area contributed by atoms with E-state index in [1.54, 1.807) is 6.92 Å². The molecule has 0 saturated heterocycles. The van der Waals surface area contributed by atoms with Gasteiger partial charge in [0.15, 0.2) is 0 Å². The van der Waals surface area contributed by atoms with Crippen LogP contribution in [0.5, 0.6) is 5.75 Å². The molecular formula is C14H15FN2O4. The molecular weight excluding hydrogens is 279 g/mol. The number of hydrogen-bond donors (Lipinski definition) is 3. The maximum atomic E-state index is 13.7. The fourth-order valence-electron chi connectivity index (χ4n) is 2.07. The standard InChI is InChI=1S/C14H15FN2O4/c1-7(5-12(18)19)16-14(20)10-6-8-11(21-2)4-3-9(15)13(8)17-10/h3-4,6-7,17H,5H2,1-2H3,(H,16,20)(H,18,19). The number of nitrogens with one attached hydrogen (secondary N) is 2. The number of rotatable bonds is 5. The van der Waals surface area contributed by atoms with E-state index in [0.717, 1.165) is 0 Å². The van der Waals surface area contributed by atoms with Gasteiger partial charge in [-0.3, -0.25) is 9.59 Å². The molecule has 6 nitrogen and oxygen atoms in total. The van der Waals surface area contributed by atoms with E-state index in [4.69, 9.17) is 9.84 Å². The molecule has 21 heavy (non-hydrogen) atoms. The molecule has 2 aromatic rings. The van der Waals surface area contributed by atoms with E-state index in [-0.39, 0.29) is 17.6 Å². The van der Waals surface area contributed by atoms with E-state index < -0.39 is 23.7 Å². The minimum atomic E-state index is -1.01. The van der Waals surface area contributed by atoms with Gasteiger partial charge in [0.2, 0.25) is 0 Å². The van der Waals surface area contributed by atoms with Crippen LogP contribution >= 0.6 is 0 Å². The van der Waals surface area contributed by atoms with Gasteiger partial charge in [0.25, 0.3) is 5.91 Å². The smallest absolute Gasteiger partial charge is 0.305 e. The molecule has 1 unspecified atom stereocenters. The first kappa shape index (κ1) is 14.8. The third kappa shape index (κ3) is 3.13. The van der Waals surface area contributed by atoms with Crippen molar-refractivity contribution in [3.8, 4) is 5.75 Å². The number of hydrogen-bond acceptors (Lipinski definition) is 3. The predicted molar refractivity (Wildman–Crippen MR) is 74.0 cm³/mol. The number of aromatic nitrogens is 1. The first-order valence-corrected chi connectivity index (χ1v) is 6.30. The van der Waals surface area contributed by atoms with Crippen LogP contribution in [0, 0.1) is 5.82 Å². The number of ether oxygens (including phenoxy) is 1. The molecule has 1 heterocycles. The number of carboxylic acid groups (broad SMARTS) is 1. The summed E-state index contributed by atoms with van der Waals surface area (Å²) in [5.41, 5.74) is 0.316. The van der Waals surface area contributed by atoms with Gasteiger partial charge in [-0.1, -0.05) is 0 Å². The number of fused-ring (bicyclic) bond motifs is 1. The van der Waals surface area contributed by atoms with Crippen molar-refractivity contribution in [2.24, 2.45) is 0 Å². The Bertz CT molecular complexity index is 696. The Labute approximate surface area is 119 Å². The Kier molecular flexibility index (Phi) is 4.11. The fraction of sp³-hybridized carbons (Fsp3) is 0.286. The SMILES string of the molecule is COc1ccc(F)c2[nH]c(C(=O)NC(C)CC(=O)O)cc12. The van der Waals surface area contributed by atoms with Gasteiger partial charge in [-0.05, 0) is 25.1 Å². The number of methoxy groups -OCH3 is 1. The first-order valence-electron chi connectivity index (χ1n) is 6.30. The summed E-state index contributed by atoms with van der Waals surface area (Å²) in [4.78, 5) is 25.3. The lowest BCUT2D eigenvalue weighted by Gasteiger charge is -2.10. The predicted octanol–water partition coefficient (Wildman–Crippen LogP) is 1.91. The maximum Gasteiger partial charge on any atom is 0.305 e. The van der Waals surface area contributed by atoms with Crippen LogP contribution in [-0.2, 0) is 4.79 Å². The van der Waals surface area contributed by atoms with Crippen LogP contribution in [0.3, 0.4) is 0 Å². The van der Waals surface area contributed by atoms with E-state index in [2.05, 4.69) is 10.3 Å². The number of carbonyl (C=O) groups is 2. The molecule has 0 radical (unpaired) electrons. The molecule has 0 aliphatic rings. The molecule has 0 spiro atoms. The van der Waals surface area contributed by atoms with Crippen molar-refractivity contribution in [3.05, 3.63) is 29.7 Å². The highest BCUT2D eigenvalue weighted by molar-refractivity contribution is 6.00. The molecule has 0 saturated carbocycles. The zero-order chi connectivity index (χ0) is 15.6. The second-order valence-corrected chi connectivity index (χ2v) is 4.69. The lowest BCUT2D eigenvalue weighted by molar-refractivity contribution is -0.137. The van der Waals surface area contributed by atoms with E-state index in [1.807, 2.05) is 0 Å². The summed E-state index contributed by atoms with van der Waals surface area (Å²) >= 11 is 0. The van der Waals surface area contributed by atoms with Gasteiger partial charge in [-0.15, -0.1) is 0 Å². The number of carboxylic acids is 1. The third-order valence-electron chi connectivity index (χ3n) is 3.03. The second-order valence-electron chi connectivity index (χ2n) is 4.69. The molecule has 1 amide bonds. The van der Waals surface area contributed by atoms with Crippen molar-refractivity contribution in [1.82, 2.24) is 10.3 Å². The minimum absolute atomic E-state index is 0.144. The number of carbonyl (C=O) groups excluding carboxylic acids is 1. The normalized spacial score (nSPS) is 12.1. The van der Waals surface area contributed by atoms with Crippen LogP contribution in [0.15, 0.2) is 18.2 Å². The Balaban J connectivity index is 2.28. The number of H-pyrrole nitrogens is 1. The van der Waals surface area contributed by atoms with Crippen LogP contribution in [-0.4, -0.2) is 35.1 Å². The Hall–Kier alpha value is -2.57. The van der Waals surface area contributed by atoms with E-state index in [1.165, 1.54) is 25.3 Å². The van der Waals surface area contributed by atoms with Crippen molar-refractivity contribution in [3.63, 3.8) is 0 Å². The van der Waals surface area contributed by atoms with Crippen molar-refractivity contribution < 1.29 is 23.8 Å². The van der Waals surface area contributed by atoms with Crippen LogP contribution in [0.4, 0.5) is 4.39 Å². The topological polar surface area (TPSA) is 91.4 Å². The summed E-state index contributed by atoms with van der Waals surface area (Å²) < 4.78 is 18.8. The zero-order valence-corrected chi connectivity index (χ0v) is 11.6. The summed E-state index contributed by atoms with van der Waals surface area (Å²) in [5.74, 6) is -1.56. The average Bonchev–Trinajstić information content (AvgIpc) is 2.84. The van der Waals surface area contributed by atoms with Gasteiger partial charge in [0, 0.05) is 11.4 Å². The molecule has 2 rings (SSSR count). The van der Waals surface area contributed by atoms with Crippen molar-refractivity contribution >= 4 is 22.8 Å². The van der Waals surface area contributed by atoms with Gasteiger partial charge in [-0.25, -0.2) is 4.39 Å². The molecule has 1 atom stereocenters. The molecule has 0 bridgehead atoms.